The van der Waals surface area contributed by atoms with Crippen molar-refractivity contribution in [1.82, 2.24) is 0 Å². The van der Waals surface area contributed by atoms with Crippen molar-refractivity contribution in [3.05, 3.63) is 0 Å². The molecular weight excluding hydrogens is 169 g/mol. The summed E-state index contributed by atoms with van der Waals surface area (Å²) in [6.07, 6.45) is 0. The van der Waals surface area contributed by atoms with E-state index in [2.05, 4.69) is 0 Å². The van der Waals surface area contributed by atoms with Gasteiger partial charge in [-0.1, -0.05) is 0 Å². The van der Waals surface area contributed by atoms with Crippen molar-refractivity contribution in [2.45, 2.75) is 0 Å². The first-order valence-corrected chi connectivity index (χ1v) is 2.19. The molecule has 0 atom stereocenters. The molecule has 0 aliphatic heterocycles. The smallest absolute Gasteiger partial charge is 0.870 e. The van der Waals surface area contributed by atoms with Crippen LogP contribution >= 0.6 is 7.82 Å². The summed E-state index contributed by atoms with van der Waals surface area (Å²) in [6.45, 7) is 0. The summed E-state index contributed by atoms with van der Waals surface area (Å²) in [6, 6.07) is 0. The quantitative estimate of drug-likeness (QED) is 0.265. The molecule has 0 fully saturated rings. The van der Waals surface area contributed by atoms with Crippen LogP contribution in [0.4, 0.5) is 0 Å². The van der Waals surface area contributed by atoms with E-state index in [1.54, 1.807) is 0 Å². The van der Waals surface area contributed by atoms with Crippen LogP contribution in [0.1, 0.15) is 0 Å². The average Bonchev–Trinajstić information content (AvgIpc) is 0.722. The molecule has 0 aliphatic carbocycles. The molecule has 1 N–H and O–H groups in total. The molecule has 0 heterocycles. The van der Waals surface area contributed by atoms with Crippen molar-refractivity contribution in [1.29, 1.82) is 0 Å². The maximum atomic E-state index is 8.55. The van der Waals surface area contributed by atoms with Gasteiger partial charge < -0.3 is 24.7 Å². The molecule has 42 valence electrons. The Balaban J connectivity index is -0.0000000267. The molecule has 0 amide bonds. The van der Waals surface area contributed by atoms with E-state index in [1.165, 1.54) is 0 Å². The molecule has 8 heavy (non-hydrogen) atoms. The minimum atomic E-state index is -5.39. The third kappa shape index (κ3) is 181. The predicted octanol–water partition coefficient (Wildman–Crippen LogP) is -6.00. The fourth-order valence-electron chi connectivity index (χ4n) is 0. The molecule has 0 aromatic carbocycles. The van der Waals surface area contributed by atoms with Crippen molar-refractivity contribution in [2.75, 3.05) is 0 Å². The van der Waals surface area contributed by atoms with Crippen LogP contribution in [0.15, 0.2) is 0 Å². The fraction of sp³-hybridized carbons (Fsp3) is 0. The van der Waals surface area contributed by atoms with E-state index in [0.29, 0.717) is 0 Å². The Bertz CT molecular complexity index is 58.6. The van der Waals surface area contributed by atoms with Crippen LogP contribution in [0.3, 0.4) is 0 Å². The van der Waals surface area contributed by atoms with Gasteiger partial charge in [0.25, 0.3) is 0 Å². The maximum Gasteiger partial charge on any atom is 3.00 e. The summed E-state index contributed by atoms with van der Waals surface area (Å²) < 4.78 is 8.55. The van der Waals surface area contributed by atoms with Gasteiger partial charge in [0.05, 0.1) is 0 Å². The SMILES string of the molecule is O=P([O-])([O-])[O-].[Li+].[OH-].[V+3]. The molecule has 0 spiro atoms. The summed E-state index contributed by atoms with van der Waals surface area (Å²) in [5, 5.41) is 0. The molecule has 0 aromatic rings. The zero-order valence-corrected chi connectivity index (χ0v) is 6.27. The number of hydrogen-bond acceptors (Lipinski definition) is 5. The molecule has 0 saturated carbocycles. The Morgan fingerprint density at radius 2 is 1.12 bits per heavy atom. The molecule has 0 unspecified atom stereocenters. The second kappa shape index (κ2) is 8.25. The summed E-state index contributed by atoms with van der Waals surface area (Å²) in [7, 11) is -5.39. The largest absolute Gasteiger partial charge is 3.00 e. The third-order valence-corrected chi connectivity index (χ3v) is 0. The van der Waals surface area contributed by atoms with Gasteiger partial charge in [0, 0.05) is 0 Å². The predicted molar refractivity (Wildman–Crippen MR) is 9.54 cm³/mol. The van der Waals surface area contributed by atoms with Gasteiger partial charge in [0.15, 0.2) is 0 Å². The van der Waals surface area contributed by atoms with Crippen LogP contribution in [-0.2, 0) is 23.1 Å². The first kappa shape index (κ1) is 22.8. The minimum absolute atomic E-state index is 0. The second-order valence-electron chi connectivity index (χ2n) is 0.447. The molecular formula is HLiO5PV. The first-order chi connectivity index (χ1) is 2.00. The van der Waals surface area contributed by atoms with Crippen LogP contribution in [-0.4, -0.2) is 5.48 Å². The van der Waals surface area contributed by atoms with Gasteiger partial charge >= 0.3 is 37.4 Å². The molecule has 0 aromatic heterocycles. The average molecular weight is 170 g/mol. The first-order valence-electron chi connectivity index (χ1n) is 0.730. The van der Waals surface area contributed by atoms with Gasteiger partial charge in [0.1, 0.15) is 0 Å². The van der Waals surface area contributed by atoms with E-state index in [0.717, 1.165) is 0 Å². The minimum Gasteiger partial charge on any atom is -0.870 e. The van der Waals surface area contributed by atoms with Gasteiger partial charge in [-0.2, -0.15) is 7.82 Å². The van der Waals surface area contributed by atoms with Crippen molar-refractivity contribution in [2.24, 2.45) is 0 Å². The molecule has 0 rings (SSSR count). The summed E-state index contributed by atoms with van der Waals surface area (Å²) in [5.74, 6) is 0. The van der Waals surface area contributed by atoms with Gasteiger partial charge in [-0.15, -0.1) is 0 Å². The Morgan fingerprint density at radius 1 is 1.12 bits per heavy atom. The Morgan fingerprint density at radius 3 is 1.12 bits per heavy atom. The molecule has 5 nitrogen and oxygen atoms in total. The third-order valence-electron chi connectivity index (χ3n) is 0. The number of rotatable bonds is 0. The molecule has 0 aliphatic rings. The van der Waals surface area contributed by atoms with Gasteiger partial charge in [-0.25, -0.2) is 0 Å². The van der Waals surface area contributed by atoms with Crippen molar-refractivity contribution >= 4 is 7.82 Å². The molecule has 8 heteroatoms. The van der Waals surface area contributed by atoms with Crippen LogP contribution in [0, 0.1) is 0 Å². The Kier molecular flexibility index (Phi) is 23.6. The normalized spacial score (nSPS) is 7.38. The van der Waals surface area contributed by atoms with E-state index in [9.17, 15) is 0 Å². The van der Waals surface area contributed by atoms with Crippen molar-refractivity contribution in [3.8, 4) is 0 Å². The number of hydrogen-bond donors (Lipinski definition) is 0. The summed E-state index contributed by atoms with van der Waals surface area (Å²) in [5.41, 5.74) is 0. The molecule has 0 bridgehead atoms. The van der Waals surface area contributed by atoms with Crippen LogP contribution in [0.25, 0.3) is 0 Å². The summed E-state index contributed by atoms with van der Waals surface area (Å²) >= 11 is 0. The molecule has 0 radical (unpaired) electrons. The number of phosphoric acid groups is 1. The van der Waals surface area contributed by atoms with Crippen LogP contribution < -0.4 is 33.5 Å². The summed E-state index contributed by atoms with van der Waals surface area (Å²) in [4.78, 5) is 25.6. The van der Waals surface area contributed by atoms with E-state index < -0.39 is 7.82 Å². The maximum absolute atomic E-state index is 8.55. The molecule has 0 saturated heterocycles. The second-order valence-corrected chi connectivity index (χ2v) is 1.34. The van der Waals surface area contributed by atoms with E-state index >= 15 is 0 Å². The Labute approximate surface area is 70.1 Å². The van der Waals surface area contributed by atoms with Crippen molar-refractivity contribution in [3.63, 3.8) is 0 Å². The van der Waals surface area contributed by atoms with Gasteiger partial charge in [-0.3, -0.25) is 0 Å². The van der Waals surface area contributed by atoms with Crippen LogP contribution in [0.5, 0.6) is 0 Å². The van der Waals surface area contributed by atoms with Gasteiger partial charge in [-0.05, 0) is 0 Å². The van der Waals surface area contributed by atoms with E-state index in [-0.39, 0.29) is 42.9 Å². The zero-order chi connectivity index (χ0) is 4.50. The van der Waals surface area contributed by atoms with Crippen LogP contribution in [0.2, 0.25) is 0 Å². The topological polar surface area (TPSA) is 116 Å². The van der Waals surface area contributed by atoms with Gasteiger partial charge in [0.2, 0.25) is 0 Å². The Hall–Kier alpha value is 1.25. The fourth-order valence-corrected chi connectivity index (χ4v) is 0. The van der Waals surface area contributed by atoms with E-state index in [4.69, 9.17) is 19.2 Å². The monoisotopic (exact) mass is 170 g/mol. The standard InChI is InChI=1S/Li.H3O4P.H2O.V/c;1-5(2,3)4;;/h;(H3,1,2,3,4);1H2;/q+1;;;+3/p-4. The van der Waals surface area contributed by atoms with Crippen molar-refractivity contribution < 1.29 is 62.1 Å². The van der Waals surface area contributed by atoms with E-state index in [1.807, 2.05) is 0 Å². The zero-order valence-electron chi connectivity index (χ0n) is 3.97.